The van der Waals surface area contributed by atoms with E-state index in [0.717, 1.165) is 17.9 Å². The molecule has 0 spiro atoms. The SMILES string of the molecule is O=C([O-])/C=C/C(=O)[O-].Oc1ccc2[nH]cc(CCC3CCNCC3)c2c1. The number of piperidine rings is 1. The quantitative estimate of drug-likeness (QED) is 0.638. The molecule has 2 aromatic rings. The minimum Gasteiger partial charge on any atom is -0.545 e. The Balaban J connectivity index is 0.000000260. The van der Waals surface area contributed by atoms with Crippen LogP contribution in [0.15, 0.2) is 36.5 Å². The molecular weight excluding hydrogens is 336 g/mol. The van der Waals surface area contributed by atoms with Crippen LogP contribution in [0.1, 0.15) is 24.8 Å². The number of rotatable bonds is 5. The summed E-state index contributed by atoms with van der Waals surface area (Å²) in [6, 6.07) is 5.54. The Hall–Kier alpha value is -2.80. The van der Waals surface area contributed by atoms with Gasteiger partial charge in [-0.05, 0) is 80.6 Å². The molecule has 1 aliphatic heterocycles. The zero-order chi connectivity index (χ0) is 18.9. The summed E-state index contributed by atoms with van der Waals surface area (Å²) in [4.78, 5) is 22.1. The number of H-pyrrole nitrogens is 1. The minimum absolute atomic E-state index is 0.352. The molecule has 7 heteroatoms. The number of phenolic OH excluding ortho intramolecular Hbond substituents is 1. The van der Waals surface area contributed by atoms with Gasteiger partial charge in [0.1, 0.15) is 5.75 Å². The smallest absolute Gasteiger partial charge is 0.116 e. The molecule has 0 bridgehead atoms. The van der Waals surface area contributed by atoms with Crippen LogP contribution in [0.2, 0.25) is 0 Å². The Labute approximate surface area is 151 Å². The predicted molar refractivity (Wildman–Crippen MR) is 93.0 cm³/mol. The van der Waals surface area contributed by atoms with Gasteiger partial charge in [0.25, 0.3) is 0 Å². The fourth-order valence-corrected chi connectivity index (χ4v) is 3.04. The number of hydrogen-bond acceptors (Lipinski definition) is 6. The number of nitrogens with one attached hydrogen (secondary N) is 2. The number of aromatic amines is 1. The summed E-state index contributed by atoms with van der Waals surface area (Å²) in [6.07, 6.45) is 7.81. The summed E-state index contributed by atoms with van der Waals surface area (Å²) in [5, 5.41) is 33.0. The molecule has 26 heavy (non-hydrogen) atoms. The van der Waals surface area contributed by atoms with Gasteiger partial charge in [0.05, 0.1) is 11.9 Å². The van der Waals surface area contributed by atoms with Crippen LogP contribution in [-0.4, -0.2) is 35.1 Å². The first-order chi connectivity index (χ1) is 12.5. The maximum Gasteiger partial charge on any atom is 0.116 e. The number of aliphatic carboxylic acids is 2. The van der Waals surface area contributed by atoms with Gasteiger partial charge in [0.15, 0.2) is 0 Å². The lowest BCUT2D eigenvalue weighted by molar-refractivity contribution is -0.301. The van der Waals surface area contributed by atoms with Gasteiger partial charge >= 0.3 is 0 Å². The molecular formula is C19H22N2O5-2. The first-order valence-corrected chi connectivity index (χ1v) is 8.55. The monoisotopic (exact) mass is 358 g/mol. The first-order valence-electron chi connectivity index (χ1n) is 8.55. The van der Waals surface area contributed by atoms with E-state index >= 15 is 0 Å². The van der Waals surface area contributed by atoms with Crippen LogP contribution in [0.25, 0.3) is 10.9 Å². The van der Waals surface area contributed by atoms with Crippen molar-refractivity contribution in [3.8, 4) is 5.75 Å². The maximum atomic E-state index is 9.57. The zero-order valence-corrected chi connectivity index (χ0v) is 14.4. The Kier molecular flexibility index (Phi) is 7.23. The normalized spacial score (nSPS) is 14.9. The molecule has 0 saturated carbocycles. The highest BCUT2D eigenvalue weighted by Gasteiger charge is 2.13. The van der Waals surface area contributed by atoms with Crippen LogP contribution < -0.4 is 15.5 Å². The van der Waals surface area contributed by atoms with Crippen molar-refractivity contribution >= 4 is 22.8 Å². The summed E-state index contributed by atoms with van der Waals surface area (Å²) in [7, 11) is 0. The van der Waals surface area contributed by atoms with Gasteiger partial charge in [-0.2, -0.15) is 0 Å². The van der Waals surface area contributed by atoms with E-state index in [1.807, 2.05) is 12.1 Å². The maximum absolute atomic E-state index is 9.57. The average molecular weight is 358 g/mol. The Morgan fingerprint density at radius 3 is 2.42 bits per heavy atom. The van der Waals surface area contributed by atoms with Crippen LogP contribution >= 0.6 is 0 Å². The number of carboxylic acids is 2. The molecule has 0 radical (unpaired) electrons. The van der Waals surface area contributed by atoms with Crippen LogP contribution in [-0.2, 0) is 16.0 Å². The molecule has 1 aromatic carbocycles. The molecule has 3 rings (SSSR count). The third-order valence-electron chi connectivity index (χ3n) is 4.39. The van der Waals surface area contributed by atoms with Gasteiger partial charge in [-0.3, -0.25) is 0 Å². The molecule has 1 aromatic heterocycles. The number of carbonyl (C=O) groups is 2. The first kappa shape index (κ1) is 19.5. The largest absolute Gasteiger partial charge is 0.545 e. The molecule has 2 heterocycles. The lowest BCUT2D eigenvalue weighted by Crippen LogP contribution is -2.27. The van der Waals surface area contributed by atoms with Crippen LogP contribution in [0.4, 0.5) is 0 Å². The van der Waals surface area contributed by atoms with Crippen molar-refractivity contribution in [3.05, 3.63) is 42.1 Å². The zero-order valence-electron chi connectivity index (χ0n) is 14.4. The summed E-state index contributed by atoms with van der Waals surface area (Å²) >= 11 is 0. The Bertz CT molecular complexity index is 759. The molecule has 1 saturated heterocycles. The fourth-order valence-electron chi connectivity index (χ4n) is 3.04. The average Bonchev–Trinajstić information content (AvgIpc) is 3.02. The summed E-state index contributed by atoms with van der Waals surface area (Å²) in [6.45, 7) is 2.33. The van der Waals surface area contributed by atoms with E-state index < -0.39 is 11.9 Å². The number of fused-ring (bicyclic) bond motifs is 1. The number of aromatic nitrogens is 1. The second kappa shape index (κ2) is 9.62. The number of phenols is 1. The van der Waals surface area contributed by atoms with Gasteiger partial charge in [0, 0.05) is 17.1 Å². The molecule has 7 nitrogen and oxygen atoms in total. The molecule has 1 aliphatic rings. The second-order valence-electron chi connectivity index (χ2n) is 6.25. The highest BCUT2D eigenvalue weighted by molar-refractivity contribution is 5.87. The number of carbonyl (C=O) groups excluding carboxylic acids is 2. The van der Waals surface area contributed by atoms with Gasteiger partial charge in [-0.1, -0.05) is 0 Å². The molecule has 0 aliphatic carbocycles. The van der Waals surface area contributed by atoms with Crippen LogP contribution in [0, 0.1) is 5.92 Å². The van der Waals surface area contributed by atoms with E-state index in [0.29, 0.717) is 17.9 Å². The van der Waals surface area contributed by atoms with Crippen molar-refractivity contribution in [2.24, 2.45) is 5.92 Å². The Morgan fingerprint density at radius 2 is 1.81 bits per heavy atom. The second-order valence-corrected chi connectivity index (χ2v) is 6.25. The van der Waals surface area contributed by atoms with E-state index in [4.69, 9.17) is 0 Å². The van der Waals surface area contributed by atoms with Crippen molar-refractivity contribution in [1.29, 1.82) is 0 Å². The number of aromatic hydroxyl groups is 1. The third-order valence-corrected chi connectivity index (χ3v) is 4.39. The van der Waals surface area contributed by atoms with Crippen molar-refractivity contribution in [2.75, 3.05) is 13.1 Å². The molecule has 0 unspecified atom stereocenters. The Morgan fingerprint density at radius 1 is 1.15 bits per heavy atom. The molecule has 0 atom stereocenters. The number of aryl methyl sites for hydroxylation is 1. The topological polar surface area (TPSA) is 128 Å². The van der Waals surface area contributed by atoms with Gasteiger partial charge < -0.3 is 35.2 Å². The van der Waals surface area contributed by atoms with Crippen LogP contribution in [0.5, 0.6) is 5.75 Å². The number of hydrogen-bond donors (Lipinski definition) is 3. The predicted octanol–water partition coefficient (Wildman–Crippen LogP) is -0.152. The van der Waals surface area contributed by atoms with E-state index in [2.05, 4.69) is 16.5 Å². The van der Waals surface area contributed by atoms with Gasteiger partial charge in [0.2, 0.25) is 0 Å². The van der Waals surface area contributed by atoms with Crippen molar-refractivity contribution < 1.29 is 24.9 Å². The van der Waals surface area contributed by atoms with Crippen molar-refractivity contribution in [1.82, 2.24) is 10.3 Å². The summed E-state index contributed by atoms with van der Waals surface area (Å²) in [5.41, 5.74) is 2.45. The number of carboxylic acid groups (broad SMARTS) is 2. The summed E-state index contributed by atoms with van der Waals surface area (Å²) in [5.74, 6) is -1.89. The minimum atomic E-state index is -1.55. The number of benzene rings is 1. The van der Waals surface area contributed by atoms with Gasteiger partial charge in [-0.25, -0.2) is 0 Å². The molecule has 3 N–H and O–H groups in total. The van der Waals surface area contributed by atoms with Crippen molar-refractivity contribution in [2.45, 2.75) is 25.7 Å². The molecule has 1 fully saturated rings. The van der Waals surface area contributed by atoms with Crippen molar-refractivity contribution in [3.63, 3.8) is 0 Å². The molecule has 0 amide bonds. The highest BCUT2D eigenvalue weighted by Crippen LogP contribution is 2.26. The van der Waals surface area contributed by atoms with E-state index in [9.17, 15) is 24.9 Å². The van der Waals surface area contributed by atoms with Crippen LogP contribution in [0.3, 0.4) is 0 Å². The van der Waals surface area contributed by atoms with E-state index in [1.54, 1.807) is 6.07 Å². The lowest BCUT2D eigenvalue weighted by atomic mass is 9.91. The standard InChI is InChI=1S/C15H20N2O.C4H4O4/c18-13-3-4-15-14(9-13)12(10-17-15)2-1-11-5-7-16-8-6-11;5-3(6)1-2-4(7)8/h3-4,9-11,16-18H,1-2,5-8H2;1-2H,(H,5,6)(H,7,8)/p-2/b;2-1+. The van der Waals surface area contributed by atoms with E-state index in [1.165, 1.54) is 43.3 Å². The summed E-state index contributed by atoms with van der Waals surface area (Å²) < 4.78 is 0. The third kappa shape index (κ3) is 6.25. The fraction of sp³-hybridized carbons (Fsp3) is 0.368. The molecule has 140 valence electrons. The van der Waals surface area contributed by atoms with Gasteiger partial charge in [-0.15, -0.1) is 0 Å². The van der Waals surface area contributed by atoms with E-state index in [-0.39, 0.29) is 0 Å². The highest BCUT2D eigenvalue weighted by atomic mass is 16.4. The lowest BCUT2D eigenvalue weighted by Gasteiger charge is -2.22.